The highest BCUT2D eigenvalue weighted by atomic mass is 15.4. The van der Waals surface area contributed by atoms with E-state index in [1.807, 2.05) is 0 Å². The van der Waals surface area contributed by atoms with E-state index in [2.05, 4.69) is 16.7 Å². The van der Waals surface area contributed by atoms with Crippen LogP contribution in [0.3, 0.4) is 0 Å². The molecule has 3 rings (SSSR count). The van der Waals surface area contributed by atoms with Crippen LogP contribution in [0.4, 0.5) is 0 Å². The highest BCUT2D eigenvalue weighted by molar-refractivity contribution is 4.97. The third kappa shape index (κ3) is 2.26. The summed E-state index contributed by atoms with van der Waals surface area (Å²) in [7, 11) is 0. The lowest BCUT2D eigenvalue weighted by Crippen LogP contribution is -2.57. The smallest absolute Gasteiger partial charge is 0.0627 e. The molecule has 3 saturated heterocycles. The number of rotatable bonds is 4. The first-order valence-corrected chi connectivity index (χ1v) is 7.91. The summed E-state index contributed by atoms with van der Waals surface area (Å²) in [6.45, 7) is 5.08. The standard InChI is InChI=1S/C15H28N2/c1-2-3-4-7-13-12-14-8-5-10-16(14)15-9-6-11-17(13)15/h13-15H,2-12H2,1H3/t13-,14+,15-/m1/s1. The van der Waals surface area contributed by atoms with Crippen LogP contribution in [0, 0.1) is 0 Å². The van der Waals surface area contributed by atoms with Gasteiger partial charge in [-0.3, -0.25) is 9.80 Å². The molecule has 2 heteroatoms. The molecule has 0 spiro atoms. The summed E-state index contributed by atoms with van der Waals surface area (Å²) in [5.74, 6) is 0. The van der Waals surface area contributed by atoms with Gasteiger partial charge in [-0.2, -0.15) is 0 Å². The van der Waals surface area contributed by atoms with Crippen molar-refractivity contribution >= 4 is 0 Å². The minimum absolute atomic E-state index is 0.836. The van der Waals surface area contributed by atoms with Crippen LogP contribution in [0.2, 0.25) is 0 Å². The van der Waals surface area contributed by atoms with Crippen LogP contribution >= 0.6 is 0 Å². The first-order chi connectivity index (χ1) is 8.40. The van der Waals surface area contributed by atoms with Gasteiger partial charge in [-0.25, -0.2) is 0 Å². The molecule has 0 amide bonds. The Morgan fingerprint density at radius 2 is 1.82 bits per heavy atom. The van der Waals surface area contributed by atoms with E-state index in [0.29, 0.717) is 0 Å². The van der Waals surface area contributed by atoms with Gasteiger partial charge in [0.2, 0.25) is 0 Å². The van der Waals surface area contributed by atoms with Crippen LogP contribution in [-0.4, -0.2) is 41.1 Å². The van der Waals surface area contributed by atoms with Crippen LogP contribution < -0.4 is 0 Å². The van der Waals surface area contributed by atoms with E-state index in [4.69, 9.17) is 0 Å². The van der Waals surface area contributed by atoms with Gasteiger partial charge in [-0.05, 0) is 45.1 Å². The normalized spacial score (nSPS) is 38.3. The van der Waals surface area contributed by atoms with Crippen molar-refractivity contribution in [3.05, 3.63) is 0 Å². The third-order valence-electron chi connectivity index (χ3n) is 5.22. The Bertz CT molecular complexity index is 253. The average Bonchev–Trinajstić information content (AvgIpc) is 2.96. The van der Waals surface area contributed by atoms with Gasteiger partial charge in [-0.15, -0.1) is 0 Å². The fraction of sp³-hybridized carbons (Fsp3) is 1.00. The highest BCUT2D eigenvalue weighted by Crippen LogP contribution is 2.38. The maximum absolute atomic E-state index is 2.86. The number of hydrogen-bond donors (Lipinski definition) is 0. The maximum atomic E-state index is 2.86. The van der Waals surface area contributed by atoms with Gasteiger partial charge in [-0.1, -0.05) is 26.2 Å². The molecule has 3 fully saturated rings. The molecule has 17 heavy (non-hydrogen) atoms. The zero-order valence-corrected chi connectivity index (χ0v) is 11.4. The molecule has 3 aliphatic heterocycles. The zero-order valence-electron chi connectivity index (χ0n) is 11.4. The lowest BCUT2D eigenvalue weighted by molar-refractivity contribution is -0.0256. The van der Waals surface area contributed by atoms with E-state index in [0.717, 1.165) is 18.2 Å². The van der Waals surface area contributed by atoms with Gasteiger partial charge in [0.1, 0.15) is 0 Å². The Morgan fingerprint density at radius 3 is 2.71 bits per heavy atom. The van der Waals surface area contributed by atoms with E-state index in [9.17, 15) is 0 Å². The van der Waals surface area contributed by atoms with E-state index in [1.54, 1.807) is 0 Å². The van der Waals surface area contributed by atoms with Crippen molar-refractivity contribution in [2.75, 3.05) is 13.1 Å². The number of fused-ring (bicyclic) bond motifs is 3. The number of hydrogen-bond acceptors (Lipinski definition) is 2. The third-order valence-corrected chi connectivity index (χ3v) is 5.22. The molecular weight excluding hydrogens is 208 g/mol. The van der Waals surface area contributed by atoms with E-state index >= 15 is 0 Å². The fourth-order valence-corrected chi connectivity index (χ4v) is 4.42. The summed E-state index contributed by atoms with van der Waals surface area (Å²) >= 11 is 0. The highest BCUT2D eigenvalue weighted by Gasteiger charge is 2.44. The molecule has 0 radical (unpaired) electrons. The van der Waals surface area contributed by atoms with Crippen molar-refractivity contribution in [3.63, 3.8) is 0 Å². The lowest BCUT2D eigenvalue weighted by Gasteiger charge is -2.47. The van der Waals surface area contributed by atoms with Gasteiger partial charge in [0.05, 0.1) is 6.17 Å². The summed E-state index contributed by atoms with van der Waals surface area (Å²) in [5.41, 5.74) is 0. The van der Waals surface area contributed by atoms with Gasteiger partial charge < -0.3 is 0 Å². The topological polar surface area (TPSA) is 6.48 Å². The lowest BCUT2D eigenvalue weighted by atomic mass is 9.95. The molecule has 2 nitrogen and oxygen atoms in total. The molecule has 98 valence electrons. The molecule has 0 aromatic carbocycles. The monoisotopic (exact) mass is 236 g/mol. The van der Waals surface area contributed by atoms with Crippen LogP contribution in [0.1, 0.15) is 64.7 Å². The Labute approximate surface area is 106 Å². The van der Waals surface area contributed by atoms with Gasteiger partial charge in [0.25, 0.3) is 0 Å². The minimum Gasteiger partial charge on any atom is -0.285 e. The fourth-order valence-electron chi connectivity index (χ4n) is 4.42. The Balaban J connectivity index is 1.63. The van der Waals surface area contributed by atoms with Crippen molar-refractivity contribution < 1.29 is 0 Å². The zero-order chi connectivity index (χ0) is 11.7. The van der Waals surface area contributed by atoms with Crippen LogP contribution in [0.5, 0.6) is 0 Å². The van der Waals surface area contributed by atoms with Crippen LogP contribution in [-0.2, 0) is 0 Å². The first-order valence-electron chi connectivity index (χ1n) is 7.91. The summed E-state index contributed by atoms with van der Waals surface area (Å²) in [6.07, 6.45) is 13.9. The second kappa shape index (κ2) is 5.27. The molecule has 3 aliphatic rings. The summed E-state index contributed by atoms with van der Waals surface area (Å²) in [4.78, 5) is 5.70. The maximum Gasteiger partial charge on any atom is 0.0627 e. The second-order valence-corrected chi connectivity index (χ2v) is 6.28. The summed E-state index contributed by atoms with van der Waals surface area (Å²) in [5, 5.41) is 0. The van der Waals surface area contributed by atoms with Crippen LogP contribution in [0.15, 0.2) is 0 Å². The number of unbranched alkanes of at least 4 members (excludes halogenated alkanes) is 2. The Morgan fingerprint density at radius 1 is 1.00 bits per heavy atom. The Kier molecular flexibility index (Phi) is 3.72. The number of nitrogens with zero attached hydrogens (tertiary/aromatic N) is 2. The van der Waals surface area contributed by atoms with E-state index in [1.165, 1.54) is 70.9 Å². The van der Waals surface area contributed by atoms with Crippen molar-refractivity contribution in [2.24, 2.45) is 0 Å². The van der Waals surface area contributed by atoms with E-state index in [-0.39, 0.29) is 0 Å². The predicted octanol–water partition coefficient (Wildman–Crippen LogP) is 3.23. The minimum atomic E-state index is 0.836. The van der Waals surface area contributed by atoms with Crippen molar-refractivity contribution in [1.82, 2.24) is 9.80 Å². The molecule has 0 saturated carbocycles. The van der Waals surface area contributed by atoms with Crippen molar-refractivity contribution in [3.8, 4) is 0 Å². The SMILES string of the molecule is CCCCC[C@@H]1C[C@@H]2CCCN2[C@H]2CCCN12. The van der Waals surface area contributed by atoms with E-state index < -0.39 is 0 Å². The van der Waals surface area contributed by atoms with Gasteiger partial charge in [0, 0.05) is 18.6 Å². The molecule has 3 atom stereocenters. The molecular formula is C15H28N2. The summed E-state index contributed by atoms with van der Waals surface area (Å²) < 4.78 is 0. The van der Waals surface area contributed by atoms with Crippen LogP contribution in [0.25, 0.3) is 0 Å². The first kappa shape index (κ1) is 12.0. The molecule has 0 aromatic heterocycles. The Hall–Kier alpha value is -0.0800. The quantitative estimate of drug-likeness (QED) is 0.692. The van der Waals surface area contributed by atoms with Gasteiger partial charge in [0.15, 0.2) is 0 Å². The van der Waals surface area contributed by atoms with Crippen molar-refractivity contribution in [2.45, 2.75) is 83.0 Å². The summed E-state index contributed by atoms with van der Waals surface area (Å²) in [6, 6.07) is 1.87. The molecule has 3 heterocycles. The molecule has 0 aliphatic carbocycles. The molecule has 0 unspecified atom stereocenters. The average molecular weight is 236 g/mol. The largest absolute Gasteiger partial charge is 0.285 e. The predicted molar refractivity (Wildman–Crippen MR) is 72.0 cm³/mol. The molecule has 0 bridgehead atoms. The van der Waals surface area contributed by atoms with Gasteiger partial charge >= 0.3 is 0 Å². The molecule has 0 N–H and O–H groups in total. The molecule has 0 aromatic rings. The van der Waals surface area contributed by atoms with Crippen molar-refractivity contribution in [1.29, 1.82) is 0 Å². The second-order valence-electron chi connectivity index (χ2n) is 6.28.